The topological polar surface area (TPSA) is 180 Å². The van der Waals surface area contributed by atoms with Crippen LogP contribution in [0.4, 0.5) is 5.82 Å². The molecule has 2 aliphatic rings. The smallest absolute Gasteiger partial charge is 0.407 e. The summed E-state index contributed by atoms with van der Waals surface area (Å²) >= 11 is 0. The lowest BCUT2D eigenvalue weighted by Gasteiger charge is -2.27. The summed E-state index contributed by atoms with van der Waals surface area (Å²) in [6, 6.07) is 11.3. The number of esters is 1. The lowest BCUT2D eigenvalue weighted by Crippen LogP contribution is -2.38. The van der Waals surface area contributed by atoms with E-state index in [-0.39, 0.29) is 24.9 Å². The highest BCUT2D eigenvalue weighted by Crippen LogP contribution is 2.68. The number of nitrogens with one attached hydrogen (secondary N) is 1. The molecule has 5 N–H and O–H groups in total. The molecule has 7 atom stereocenters. The van der Waals surface area contributed by atoms with Gasteiger partial charge in [-0.1, -0.05) is 57.0 Å². The number of carbonyl (C=O) groups is 1. The fraction of sp³-hybridized carbons (Fsp3) is 0.536. The van der Waals surface area contributed by atoms with Crippen molar-refractivity contribution in [3.05, 3.63) is 60.0 Å². The van der Waals surface area contributed by atoms with Crippen LogP contribution in [0.3, 0.4) is 0 Å². The minimum atomic E-state index is -4.29. The number of fused-ring (bicyclic) bond motifs is 2. The van der Waals surface area contributed by atoms with Gasteiger partial charge < -0.3 is 25.4 Å². The third-order valence-electron chi connectivity index (χ3n) is 8.33. The molecule has 2 unspecified atom stereocenters. The van der Waals surface area contributed by atoms with Crippen molar-refractivity contribution in [2.24, 2.45) is 5.92 Å². The quantitative estimate of drug-likeness (QED) is 0.166. The Balaban J connectivity index is 1.33. The van der Waals surface area contributed by atoms with E-state index < -0.39 is 49.3 Å². The van der Waals surface area contributed by atoms with Gasteiger partial charge >= 0.3 is 13.7 Å². The number of hydrogen-bond donors (Lipinski definition) is 4. The van der Waals surface area contributed by atoms with Crippen LogP contribution in [0.25, 0.3) is 5.52 Å². The van der Waals surface area contributed by atoms with Gasteiger partial charge in [0.2, 0.25) is 0 Å². The summed E-state index contributed by atoms with van der Waals surface area (Å²) in [6.45, 7) is 7.21. The second-order valence-electron chi connectivity index (χ2n) is 11.0. The van der Waals surface area contributed by atoms with Gasteiger partial charge in [-0.25, -0.2) is 19.2 Å². The Kier molecular flexibility index (Phi) is 8.47. The SMILES string of the molecule is CCC(CC)COC(=O)[C@H](C)NP(=O)(OCc1ccccc1)OC1[C@@]2(C)O[C@@H](c3ccc4c(N)ncnn34)[C@H](O)[C@@]12O. The van der Waals surface area contributed by atoms with E-state index in [9.17, 15) is 19.6 Å². The Morgan fingerprint density at radius 2 is 1.95 bits per heavy atom. The molecule has 42 heavy (non-hydrogen) atoms. The largest absolute Gasteiger partial charge is 0.464 e. The maximum atomic E-state index is 14.1. The van der Waals surface area contributed by atoms with E-state index >= 15 is 0 Å². The third-order valence-corrected chi connectivity index (χ3v) is 9.99. The average molecular weight is 604 g/mol. The molecule has 228 valence electrons. The van der Waals surface area contributed by atoms with Crippen LogP contribution in [0.2, 0.25) is 0 Å². The molecular weight excluding hydrogens is 565 g/mol. The van der Waals surface area contributed by atoms with Crippen molar-refractivity contribution < 1.29 is 38.1 Å². The standard InChI is InChI=1S/C28H38N5O8P/c1-5-18(6-2)14-38-25(35)17(3)32-42(37,39-15-19-10-8-7-9-11-19)41-26-27(4)28(26,36)23(34)22(40-27)20-12-13-21-24(29)30-16-31-33(20)21/h7-13,16-18,22-23,26,34,36H,5-6,14-15H2,1-4H3,(H,32,37)(H2,29,30,31)/t17-,22-,23-,26?,27+,28+,42?/m0/s1. The Labute approximate surface area is 243 Å². The van der Waals surface area contributed by atoms with E-state index in [0.717, 1.165) is 12.8 Å². The molecule has 0 bridgehead atoms. The minimum Gasteiger partial charge on any atom is -0.464 e. The minimum absolute atomic E-state index is 0.105. The van der Waals surface area contributed by atoms with Gasteiger partial charge in [-0.05, 0) is 37.5 Å². The molecule has 1 aliphatic carbocycles. The number of nitrogens with zero attached hydrogens (tertiary/aromatic N) is 3. The number of aliphatic hydroxyl groups is 2. The molecule has 1 aliphatic heterocycles. The third kappa shape index (κ3) is 5.35. The average Bonchev–Trinajstić information content (AvgIpc) is 3.26. The van der Waals surface area contributed by atoms with Crippen LogP contribution in [0.1, 0.15) is 57.9 Å². The van der Waals surface area contributed by atoms with Crippen molar-refractivity contribution >= 4 is 25.1 Å². The first kappa shape index (κ1) is 30.6. The first-order chi connectivity index (χ1) is 20.0. The first-order valence-electron chi connectivity index (χ1n) is 14.0. The zero-order chi connectivity index (χ0) is 30.3. The molecule has 13 nitrogen and oxygen atoms in total. The summed E-state index contributed by atoms with van der Waals surface area (Å²) < 4.78 is 38.8. The number of nitrogen functional groups attached to an aromatic ring is 1. The van der Waals surface area contributed by atoms with E-state index in [2.05, 4.69) is 15.2 Å². The number of hydrogen-bond acceptors (Lipinski definition) is 11. The maximum Gasteiger partial charge on any atom is 0.407 e. The van der Waals surface area contributed by atoms with Gasteiger partial charge in [-0.15, -0.1) is 0 Å². The summed E-state index contributed by atoms with van der Waals surface area (Å²) in [7, 11) is -4.29. The van der Waals surface area contributed by atoms with Gasteiger partial charge in [-0.3, -0.25) is 13.8 Å². The number of aliphatic hydroxyl groups excluding tert-OH is 1. The fourth-order valence-corrected chi connectivity index (χ4v) is 7.16. The van der Waals surface area contributed by atoms with Crippen LogP contribution in [-0.4, -0.2) is 66.8 Å². The van der Waals surface area contributed by atoms with Crippen LogP contribution >= 0.6 is 7.75 Å². The zero-order valence-electron chi connectivity index (χ0n) is 24.0. The predicted molar refractivity (Wildman–Crippen MR) is 152 cm³/mol. The number of nitrogens with two attached hydrogens (primary N) is 1. The van der Waals surface area contributed by atoms with Crippen molar-refractivity contribution in [1.82, 2.24) is 19.7 Å². The molecule has 1 saturated carbocycles. The molecule has 3 aromatic rings. The summed E-state index contributed by atoms with van der Waals surface area (Å²) in [4.78, 5) is 16.7. The second kappa shape index (κ2) is 11.6. The normalized spacial score (nSPS) is 28.9. The van der Waals surface area contributed by atoms with Gasteiger partial charge in [0.1, 0.15) is 41.8 Å². The first-order valence-corrected chi connectivity index (χ1v) is 15.6. The monoisotopic (exact) mass is 603 g/mol. The maximum absolute atomic E-state index is 14.1. The Morgan fingerprint density at radius 3 is 2.60 bits per heavy atom. The Bertz CT molecular complexity index is 1470. The van der Waals surface area contributed by atoms with Gasteiger partial charge in [0.15, 0.2) is 11.4 Å². The van der Waals surface area contributed by atoms with E-state index in [1.165, 1.54) is 17.8 Å². The zero-order valence-corrected chi connectivity index (χ0v) is 24.9. The lowest BCUT2D eigenvalue weighted by molar-refractivity contribution is -0.146. The van der Waals surface area contributed by atoms with Crippen molar-refractivity contribution in [1.29, 1.82) is 0 Å². The summed E-state index contributed by atoms with van der Waals surface area (Å²) in [5.74, 6) is -0.159. The van der Waals surface area contributed by atoms with E-state index in [1.54, 1.807) is 43.3 Å². The Hall–Kier alpha value is -2.90. The number of carbonyl (C=O) groups excluding carboxylic acids is 1. The van der Waals surface area contributed by atoms with E-state index in [4.69, 9.17) is 24.3 Å². The predicted octanol–water partition coefficient (Wildman–Crippen LogP) is 2.91. The highest BCUT2D eigenvalue weighted by molar-refractivity contribution is 7.51. The highest BCUT2D eigenvalue weighted by Gasteiger charge is 2.87. The molecule has 2 aromatic heterocycles. The van der Waals surface area contributed by atoms with Gasteiger partial charge in [0.05, 0.1) is 18.9 Å². The van der Waals surface area contributed by atoms with Crippen molar-refractivity contribution in [2.45, 2.75) is 82.7 Å². The second-order valence-corrected chi connectivity index (χ2v) is 12.7. The molecule has 0 radical (unpaired) electrons. The lowest BCUT2D eigenvalue weighted by atomic mass is 10.0. The fourth-order valence-electron chi connectivity index (χ4n) is 5.43. The molecule has 2 fully saturated rings. The van der Waals surface area contributed by atoms with E-state index in [1.807, 2.05) is 19.9 Å². The molecule has 0 amide bonds. The van der Waals surface area contributed by atoms with Gasteiger partial charge in [0, 0.05) is 0 Å². The number of aromatic nitrogens is 3. The highest BCUT2D eigenvalue weighted by atomic mass is 31.2. The van der Waals surface area contributed by atoms with Crippen molar-refractivity contribution in [2.75, 3.05) is 12.3 Å². The molecular formula is C28H38N5O8P. The van der Waals surface area contributed by atoms with Crippen LogP contribution in [0, 0.1) is 5.92 Å². The number of anilines is 1. The Morgan fingerprint density at radius 1 is 1.24 bits per heavy atom. The van der Waals surface area contributed by atoms with E-state index in [0.29, 0.717) is 16.8 Å². The molecule has 1 aromatic carbocycles. The number of benzene rings is 1. The van der Waals surface area contributed by atoms with Gasteiger partial charge in [-0.2, -0.15) is 5.10 Å². The number of rotatable bonds is 13. The number of ether oxygens (including phenoxy) is 2. The molecule has 3 heterocycles. The molecule has 1 saturated heterocycles. The molecule has 0 spiro atoms. The summed E-state index contributed by atoms with van der Waals surface area (Å²) in [6.07, 6.45) is -0.729. The molecule has 5 rings (SSSR count). The van der Waals surface area contributed by atoms with Crippen LogP contribution < -0.4 is 10.8 Å². The van der Waals surface area contributed by atoms with Crippen LogP contribution in [0.15, 0.2) is 48.8 Å². The van der Waals surface area contributed by atoms with Crippen LogP contribution in [0.5, 0.6) is 0 Å². The molecule has 14 heteroatoms. The summed E-state index contributed by atoms with van der Waals surface area (Å²) in [5, 5.41) is 29.7. The summed E-state index contributed by atoms with van der Waals surface area (Å²) in [5.41, 5.74) is 4.22. The van der Waals surface area contributed by atoms with Crippen LogP contribution in [-0.2, 0) is 34.5 Å². The van der Waals surface area contributed by atoms with Crippen molar-refractivity contribution in [3.63, 3.8) is 0 Å². The van der Waals surface area contributed by atoms with Crippen molar-refractivity contribution in [3.8, 4) is 0 Å². The van der Waals surface area contributed by atoms with Gasteiger partial charge in [0.25, 0.3) is 0 Å².